The number of aryl methyl sites for hydroxylation is 1. The van der Waals surface area contributed by atoms with Gasteiger partial charge in [0, 0.05) is 6.92 Å². The van der Waals surface area contributed by atoms with E-state index in [4.69, 9.17) is 14.6 Å². The van der Waals surface area contributed by atoms with Crippen molar-refractivity contribution in [3.05, 3.63) is 22.8 Å². The van der Waals surface area contributed by atoms with E-state index in [9.17, 15) is 5.11 Å². The molecule has 4 nitrogen and oxygen atoms in total. The predicted molar refractivity (Wildman–Crippen MR) is 143 cm³/mol. The van der Waals surface area contributed by atoms with Gasteiger partial charge in [-0.1, -0.05) is 72.6 Å². The standard InChI is InChI=1S/C28H48O2.C2H4O2/c1-20(2)11-8-12-21(3)13-9-14-22(4)15-10-17-28(7)18-16-25-19-26(29)23(5)24(6)27(25)30-28;1-2(3)4/h19-22,29H,8-18H2,1-7H3;1H3,(H,3,4)/t21-,22-,28-;/m1./s1. The predicted octanol–water partition coefficient (Wildman–Crippen LogP) is 8.62. The van der Waals surface area contributed by atoms with Crippen molar-refractivity contribution in [3.8, 4) is 11.5 Å². The van der Waals surface area contributed by atoms with E-state index in [1.54, 1.807) is 0 Å². The van der Waals surface area contributed by atoms with E-state index in [0.717, 1.165) is 60.8 Å². The summed E-state index contributed by atoms with van der Waals surface area (Å²) in [5.74, 6) is 3.14. The summed E-state index contributed by atoms with van der Waals surface area (Å²) >= 11 is 0. The molecule has 0 amide bonds. The summed E-state index contributed by atoms with van der Waals surface area (Å²) in [6.07, 6.45) is 14.1. The molecule has 1 heterocycles. The van der Waals surface area contributed by atoms with Crippen LogP contribution in [0.5, 0.6) is 11.5 Å². The van der Waals surface area contributed by atoms with Crippen LogP contribution in [0.25, 0.3) is 0 Å². The molecule has 4 heteroatoms. The highest BCUT2D eigenvalue weighted by atomic mass is 16.5. The van der Waals surface area contributed by atoms with Crippen LogP contribution in [0.3, 0.4) is 0 Å². The summed E-state index contributed by atoms with van der Waals surface area (Å²) in [6, 6.07) is 1.91. The van der Waals surface area contributed by atoms with E-state index in [1.165, 1.54) is 56.9 Å². The minimum absolute atomic E-state index is 0.0637. The first-order valence-electron chi connectivity index (χ1n) is 13.5. The van der Waals surface area contributed by atoms with Crippen molar-refractivity contribution < 1.29 is 19.7 Å². The first kappa shape index (κ1) is 30.3. The largest absolute Gasteiger partial charge is 0.508 e. The molecule has 0 radical (unpaired) electrons. The molecule has 1 aromatic carbocycles. The zero-order valence-electron chi connectivity index (χ0n) is 23.3. The third kappa shape index (κ3) is 11.1. The molecule has 0 unspecified atom stereocenters. The van der Waals surface area contributed by atoms with Crippen LogP contribution in [0.4, 0.5) is 0 Å². The molecule has 0 fully saturated rings. The fourth-order valence-electron chi connectivity index (χ4n) is 4.94. The fourth-order valence-corrected chi connectivity index (χ4v) is 4.94. The first-order valence-corrected chi connectivity index (χ1v) is 13.5. The second-order valence-corrected chi connectivity index (χ2v) is 11.6. The number of phenols is 1. The van der Waals surface area contributed by atoms with Gasteiger partial charge in [-0.05, 0) is 87.0 Å². The summed E-state index contributed by atoms with van der Waals surface area (Å²) in [7, 11) is 0. The normalized spacial score (nSPS) is 19.0. The van der Waals surface area contributed by atoms with Crippen LogP contribution in [0.15, 0.2) is 6.07 Å². The third-order valence-corrected chi connectivity index (χ3v) is 7.44. The Morgan fingerprint density at radius 2 is 1.47 bits per heavy atom. The first-order chi connectivity index (χ1) is 15.8. The zero-order valence-corrected chi connectivity index (χ0v) is 23.3. The van der Waals surface area contributed by atoms with Crippen LogP contribution in [-0.2, 0) is 11.2 Å². The van der Waals surface area contributed by atoms with E-state index < -0.39 is 5.97 Å². The molecular formula is C30H52O4. The van der Waals surface area contributed by atoms with Crippen molar-refractivity contribution in [3.63, 3.8) is 0 Å². The molecule has 0 bridgehead atoms. The Morgan fingerprint density at radius 1 is 0.971 bits per heavy atom. The van der Waals surface area contributed by atoms with Gasteiger partial charge in [-0.25, -0.2) is 0 Å². The van der Waals surface area contributed by atoms with Crippen molar-refractivity contribution in [2.75, 3.05) is 0 Å². The summed E-state index contributed by atoms with van der Waals surface area (Å²) < 4.78 is 6.52. The average Bonchev–Trinajstić information content (AvgIpc) is 2.72. The van der Waals surface area contributed by atoms with Gasteiger partial charge in [0.25, 0.3) is 5.97 Å². The van der Waals surface area contributed by atoms with Crippen molar-refractivity contribution in [2.24, 2.45) is 17.8 Å². The maximum Gasteiger partial charge on any atom is 0.300 e. The van der Waals surface area contributed by atoms with Crippen molar-refractivity contribution in [1.82, 2.24) is 0 Å². The van der Waals surface area contributed by atoms with Crippen LogP contribution in [0.1, 0.15) is 122 Å². The Kier molecular flexibility index (Phi) is 13.1. The highest BCUT2D eigenvalue weighted by Crippen LogP contribution is 2.42. The number of carbonyl (C=O) groups is 1. The number of hydrogen-bond donors (Lipinski definition) is 2. The number of ether oxygens (including phenoxy) is 1. The van der Waals surface area contributed by atoms with Gasteiger partial charge in [0.15, 0.2) is 0 Å². The second-order valence-electron chi connectivity index (χ2n) is 11.6. The van der Waals surface area contributed by atoms with Crippen LogP contribution >= 0.6 is 0 Å². The molecule has 2 rings (SSSR count). The van der Waals surface area contributed by atoms with E-state index >= 15 is 0 Å². The molecule has 0 saturated carbocycles. The van der Waals surface area contributed by atoms with E-state index in [2.05, 4.69) is 41.5 Å². The number of fused-ring (bicyclic) bond motifs is 1. The lowest BCUT2D eigenvalue weighted by atomic mass is 9.85. The van der Waals surface area contributed by atoms with E-state index in [0.29, 0.717) is 5.75 Å². The molecule has 34 heavy (non-hydrogen) atoms. The SMILES string of the molecule is CC(=O)O.Cc1c(O)cc2c(c1C)O[C@](C)(CCC[C@H](C)CCC[C@H](C)CCCC(C)C)CC2. The molecule has 196 valence electrons. The Bertz CT molecular complexity index is 751. The number of rotatable bonds is 12. The molecule has 2 N–H and O–H groups in total. The molecule has 0 saturated heterocycles. The van der Waals surface area contributed by atoms with Crippen LogP contribution < -0.4 is 4.74 Å². The van der Waals surface area contributed by atoms with Crippen LogP contribution in [0.2, 0.25) is 0 Å². The Balaban J connectivity index is 0.00000133. The Hall–Kier alpha value is -1.71. The van der Waals surface area contributed by atoms with Crippen molar-refractivity contribution in [2.45, 2.75) is 132 Å². The van der Waals surface area contributed by atoms with Crippen LogP contribution in [-0.4, -0.2) is 21.8 Å². The number of aliphatic carboxylic acids is 1. The number of carboxylic acid groups (broad SMARTS) is 1. The quantitative estimate of drug-likeness (QED) is 0.317. The van der Waals surface area contributed by atoms with Gasteiger partial charge in [-0.3, -0.25) is 4.79 Å². The van der Waals surface area contributed by atoms with Crippen LogP contribution in [0, 0.1) is 31.6 Å². The monoisotopic (exact) mass is 476 g/mol. The molecular weight excluding hydrogens is 424 g/mol. The minimum atomic E-state index is -0.833. The van der Waals surface area contributed by atoms with Gasteiger partial charge in [0.1, 0.15) is 17.1 Å². The van der Waals surface area contributed by atoms with Gasteiger partial charge >= 0.3 is 0 Å². The van der Waals surface area contributed by atoms with Gasteiger partial charge < -0.3 is 14.9 Å². The number of aromatic hydroxyl groups is 1. The number of benzene rings is 1. The summed E-state index contributed by atoms with van der Waals surface area (Å²) in [5, 5.41) is 17.5. The lowest BCUT2D eigenvalue weighted by Crippen LogP contribution is -2.36. The lowest BCUT2D eigenvalue weighted by molar-refractivity contribution is -0.134. The molecule has 0 spiro atoms. The fraction of sp³-hybridized carbons (Fsp3) is 0.767. The molecule has 3 atom stereocenters. The molecule has 0 aliphatic carbocycles. The smallest absolute Gasteiger partial charge is 0.300 e. The maximum atomic E-state index is 10.1. The molecule has 1 aromatic rings. The summed E-state index contributed by atoms with van der Waals surface area (Å²) in [5.41, 5.74) is 3.16. The van der Waals surface area contributed by atoms with E-state index in [1.807, 2.05) is 13.0 Å². The average molecular weight is 477 g/mol. The van der Waals surface area contributed by atoms with Gasteiger partial charge in [-0.15, -0.1) is 0 Å². The van der Waals surface area contributed by atoms with Gasteiger partial charge in [0.2, 0.25) is 0 Å². The van der Waals surface area contributed by atoms with Gasteiger partial charge in [0.05, 0.1) is 0 Å². The minimum Gasteiger partial charge on any atom is -0.508 e. The highest BCUT2D eigenvalue weighted by molar-refractivity contribution is 5.63. The maximum absolute atomic E-state index is 10.1. The highest BCUT2D eigenvalue weighted by Gasteiger charge is 2.33. The zero-order chi connectivity index (χ0) is 25.9. The lowest BCUT2D eigenvalue weighted by Gasteiger charge is -2.37. The number of phenolic OH excluding ortho intramolecular Hbond substituents is 1. The second kappa shape index (κ2) is 14.6. The van der Waals surface area contributed by atoms with Gasteiger partial charge in [-0.2, -0.15) is 0 Å². The van der Waals surface area contributed by atoms with Crippen molar-refractivity contribution in [1.29, 1.82) is 0 Å². The van der Waals surface area contributed by atoms with E-state index in [-0.39, 0.29) is 5.60 Å². The number of carboxylic acids is 1. The Labute approximate surface area is 209 Å². The molecule has 0 aromatic heterocycles. The third-order valence-electron chi connectivity index (χ3n) is 7.44. The van der Waals surface area contributed by atoms with Crippen molar-refractivity contribution >= 4 is 5.97 Å². The topological polar surface area (TPSA) is 66.8 Å². The number of hydrogen-bond acceptors (Lipinski definition) is 3. The summed E-state index contributed by atoms with van der Waals surface area (Å²) in [4.78, 5) is 9.00. The summed E-state index contributed by atoms with van der Waals surface area (Å²) in [6.45, 7) is 16.9. The molecule has 1 aliphatic rings. The molecule has 1 aliphatic heterocycles. The Morgan fingerprint density at radius 3 is 2.00 bits per heavy atom.